The summed E-state index contributed by atoms with van der Waals surface area (Å²) in [6, 6.07) is 7.50. The second kappa shape index (κ2) is 11.2. The molecule has 3 aromatic rings. The second-order valence-corrected chi connectivity index (χ2v) is 8.17. The van der Waals surface area contributed by atoms with E-state index in [2.05, 4.69) is 25.4 Å². The monoisotopic (exact) mass is 470 g/mol. The Morgan fingerprint density at radius 3 is 2.91 bits per heavy atom. The van der Waals surface area contributed by atoms with Crippen LogP contribution in [0.15, 0.2) is 29.1 Å². The van der Waals surface area contributed by atoms with Crippen molar-refractivity contribution in [2.45, 2.75) is 52.4 Å². The Morgan fingerprint density at radius 2 is 2.15 bits per heavy atom. The van der Waals surface area contributed by atoms with Gasteiger partial charge in [0.15, 0.2) is 5.82 Å². The zero-order valence-electron chi connectivity index (χ0n) is 19.5. The molecule has 11 heteroatoms. The van der Waals surface area contributed by atoms with E-state index in [1.165, 1.54) is 4.68 Å². The number of nitrogens with zero attached hydrogens (tertiary/aromatic N) is 5. The Balaban J connectivity index is 1.57. The number of carbonyl (C=O) groups excluding carboxylic acids is 1. The number of esters is 1. The molecule has 34 heavy (non-hydrogen) atoms. The third kappa shape index (κ3) is 5.97. The highest BCUT2D eigenvalue weighted by Gasteiger charge is 2.23. The summed E-state index contributed by atoms with van der Waals surface area (Å²) in [5, 5.41) is 12.7. The predicted octanol–water partition coefficient (Wildman–Crippen LogP) is 1.66. The highest BCUT2D eigenvalue weighted by atomic mass is 16.5. The summed E-state index contributed by atoms with van der Waals surface area (Å²) in [6.45, 7) is 6.54. The van der Waals surface area contributed by atoms with E-state index in [1.54, 1.807) is 6.92 Å². The second-order valence-electron chi connectivity index (χ2n) is 8.17. The molecule has 0 amide bonds. The summed E-state index contributed by atoms with van der Waals surface area (Å²) in [6.07, 6.45) is 2.03. The minimum atomic E-state index is -0.405. The Morgan fingerprint density at radius 1 is 1.26 bits per heavy atom. The van der Waals surface area contributed by atoms with Crippen LogP contribution in [0, 0.1) is 0 Å². The van der Waals surface area contributed by atoms with Crippen LogP contribution in [-0.2, 0) is 33.9 Å². The number of ether oxygens (including phenoxy) is 3. The van der Waals surface area contributed by atoms with Gasteiger partial charge in [0.1, 0.15) is 12.3 Å². The lowest BCUT2D eigenvalue weighted by atomic mass is 10.1. The van der Waals surface area contributed by atoms with Gasteiger partial charge in [-0.3, -0.25) is 14.5 Å². The van der Waals surface area contributed by atoms with E-state index in [9.17, 15) is 9.59 Å². The van der Waals surface area contributed by atoms with Gasteiger partial charge in [0.05, 0.1) is 25.9 Å². The fourth-order valence-corrected chi connectivity index (χ4v) is 4.09. The number of hydrogen-bond donors (Lipinski definition) is 1. The maximum absolute atomic E-state index is 12.9. The van der Waals surface area contributed by atoms with Crippen LogP contribution in [0.5, 0.6) is 5.75 Å². The van der Waals surface area contributed by atoms with E-state index in [1.807, 2.05) is 31.2 Å². The van der Waals surface area contributed by atoms with Crippen LogP contribution < -0.4 is 10.3 Å². The topological polar surface area (TPSA) is 124 Å². The molecule has 1 saturated heterocycles. The van der Waals surface area contributed by atoms with Crippen molar-refractivity contribution >= 4 is 16.9 Å². The molecule has 11 nitrogen and oxygen atoms in total. The standard InChI is InChI=1S/C23H30N6O5/c1-3-32-18-7-8-20-16(11-18)10-17(23(31)24-20)12-28(13-19-6-5-9-34-19)14-21-25-26-27-29(21)15-22(30)33-4-2/h7-8,10-11,19H,3-6,9,12-15H2,1-2H3,(H,24,31)/t19-/m0/s1. The number of rotatable bonds is 11. The minimum Gasteiger partial charge on any atom is -0.494 e. The normalized spacial score (nSPS) is 15.8. The van der Waals surface area contributed by atoms with Crippen LogP contribution in [0.4, 0.5) is 0 Å². The first-order chi connectivity index (χ1) is 16.6. The molecule has 0 unspecified atom stereocenters. The smallest absolute Gasteiger partial charge is 0.327 e. The van der Waals surface area contributed by atoms with E-state index in [4.69, 9.17) is 14.2 Å². The number of aromatic nitrogens is 5. The fourth-order valence-electron chi connectivity index (χ4n) is 4.09. The SMILES string of the molecule is CCOC(=O)Cn1nnnc1CN(Cc1cc2cc(OCC)ccc2[nH]c1=O)C[C@@H]1CCCO1. The number of H-pyrrole nitrogens is 1. The molecule has 1 aromatic carbocycles. The minimum absolute atomic E-state index is 0.0680. The lowest BCUT2D eigenvalue weighted by Gasteiger charge is -2.24. The average Bonchev–Trinajstić information content (AvgIpc) is 3.47. The predicted molar refractivity (Wildman–Crippen MR) is 123 cm³/mol. The summed E-state index contributed by atoms with van der Waals surface area (Å²) in [5.74, 6) is 0.863. The van der Waals surface area contributed by atoms with Gasteiger partial charge < -0.3 is 19.2 Å². The van der Waals surface area contributed by atoms with Crippen molar-refractivity contribution in [1.82, 2.24) is 30.1 Å². The molecule has 1 aliphatic rings. The lowest BCUT2D eigenvalue weighted by molar-refractivity contribution is -0.144. The quantitative estimate of drug-likeness (QED) is 0.417. The summed E-state index contributed by atoms with van der Waals surface area (Å²) in [4.78, 5) is 29.8. The molecule has 0 spiro atoms. The number of hydrogen-bond acceptors (Lipinski definition) is 9. The molecular formula is C23H30N6O5. The summed E-state index contributed by atoms with van der Waals surface area (Å²) in [5.41, 5.74) is 1.21. The first-order valence-electron chi connectivity index (χ1n) is 11.6. The van der Waals surface area contributed by atoms with E-state index in [0.717, 1.165) is 36.1 Å². The molecule has 182 valence electrons. The number of pyridine rings is 1. The Bertz CT molecular complexity index is 1170. The van der Waals surface area contributed by atoms with Gasteiger partial charge in [0.25, 0.3) is 5.56 Å². The van der Waals surface area contributed by atoms with Crippen molar-refractivity contribution in [2.24, 2.45) is 0 Å². The average molecular weight is 471 g/mol. The van der Waals surface area contributed by atoms with E-state index in [0.29, 0.717) is 37.6 Å². The molecule has 2 aromatic heterocycles. The van der Waals surface area contributed by atoms with Gasteiger partial charge >= 0.3 is 5.97 Å². The maximum atomic E-state index is 12.9. The molecule has 0 aliphatic carbocycles. The number of nitrogens with one attached hydrogen (secondary N) is 1. The van der Waals surface area contributed by atoms with Crippen molar-refractivity contribution in [3.05, 3.63) is 46.0 Å². The van der Waals surface area contributed by atoms with Gasteiger partial charge in [-0.05, 0) is 61.4 Å². The van der Waals surface area contributed by atoms with Crippen LogP contribution >= 0.6 is 0 Å². The van der Waals surface area contributed by atoms with E-state index in [-0.39, 0.29) is 24.8 Å². The third-order valence-electron chi connectivity index (χ3n) is 5.64. The van der Waals surface area contributed by atoms with Crippen LogP contribution in [0.2, 0.25) is 0 Å². The van der Waals surface area contributed by atoms with Crippen LogP contribution in [0.3, 0.4) is 0 Å². The van der Waals surface area contributed by atoms with Gasteiger partial charge in [0.2, 0.25) is 0 Å². The number of carbonyl (C=O) groups is 1. The Kier molecular flexibility index (Phi) is 7.86. The summed E-state index contributed by atoms with van der Waals surface area (Å²) >= 11 is 0. The first kappa shape index (κ1) is 23.8. The number of aromatic amines is 1. The molecule has 4 rings (SSSR count). The highest BCUT2D eigenvalue weighted by molar-refractivity contribution is 5.80. The Hall–Kier alpha value is -3.31. The highest BCUT2D eigenvalue weighted by Crippen LogP contribution is 2.21. The van der Waals surface area contributed by atoms with Crippen molar-refractivity contribution in [3.8, 4) is 5.75 Å². The van der Waals surface area contributed by atoms with Crippen molar-refractivity contribution in [3.63, 3.8) is 0 Å². The van der Waals surface area contributed by atoms with Crippen molar-refractivity contribution < 1.29 is 19.0 Å². The van der Waals surface area contributed by atoms with E-state index >= 15 is 0 Å². The zero-order valence-corrected chi connectivity index (χ0v) is 19.5. The lowest BCUT2D eigenvalue weighted by Crippen LogP contribution is -2.34. The first-order valence-corrected chi connectivity index (χ1v) is 11.6. The van der Waals surface area contributed by atoms with Crippen molar-refractivity contribution in [1.29, 1.82) is 0 Å². The molecular weight excluding hydrogens is 440 g/mol. The van der Waals surface area contributed by atoms with Crippen LogP contribution in [0.1, 0.15) is 38.1 Å². The van der Waals surface area contributed by atoms with Crippen molar-refractivity contribution in [2.75, 3.05) is 26.4 Å². The number of tetrazole rings is 1. The van der Waals surface area contributed by atoms with Crippen LogP contribution in [0.25, 0.3) is 10.9 Å². The number of fused-ring (bicyclic) bond motifs is 1. The molecule has 0 bridgehead atoms. The Labute approximate surface area is 197 Å². The van der Waals surface area contributed by atoms with Gasteiger partial charge in [-0.25, -0.2) is 4.68 Å². The van der Waals surface area contributed by atoms with E-state index < -0.39 is 5.97 Å². The van der Waals surface area contributed by atoms with Gasteiger partial charge in [-0.15, -0.1) is 5.10 Å². The molecule has 3 heterocycles. The third-order valence-corrected chi connectivity index (χ3v) is 5.64. The van der Waals surface area contributed by atoms with Gasteiger partial charge in [-0.2, -0.15) is 0 Å². The fraction of sp³-hybridized carbons (Fsp3) is 0.522. The molecule has 1 fully saturated rings. The van der Waals surface area contributed by atoms with Gasteiger partial charge in [-0.1, -0.05) is 0 Å². The number of benzene rings is 1. The van der Waals surface area contributed by atoms with Crippen LogP contribution in [-0.4, -0.2) is 68.5 Å². The molecule has 1 atom stereocenters. The largest absolute Gasteiger partial charge is 0.494 e. The molecule has 0 saturated carbocycles. The summed E-state index contributed by atoms with van der Waals surface area (Å²) < 4.78 is 17.9. The summed E-state index contributed by atoms with van der Waals surface area (Å²) in [7, 11) is 0. The zero-order chi connectivity index (χ0) is 23.9. The molecule has 1 aliphatic heterocycles. The van der Waals surface area contributed by atoms with Gasteiger partial charge in [0, 0.05) is 36.2 Å². The molecule has 0 radical (unpaired) electrons. The maximum Gasteiger partial charge on any atom is 0.327 e. The molecule has 1 N–H and O–H groups in total.